The highest BCUT2D eigenvalue weighted by atomic mass is 19.2. The van der Waals surface area contributed by atoms with Gasteiger partial charge in [0, 0.05) is 44.3 Å². The first-order valence-electron chi connectivity index (χ1n) is 9.42. The number of nitrogens with zero attached hydrogens (tertiary/aromatic N) is 2. The number of amides is 1. The smallest absolute Gasteiger partial charge is 0.254 e. The van der Waals surface area contributed by atoms with E-state index in [1.807, 2.05) is 4.90 Å². The Morgan fingerprint density at radius 3 is 2.77 bits per heavy atom. The molecule has 0 radical (unpaired) electrons. The number of nitrogens with one attached hydrogen (secondary N) is 1. The molecule has 0 bridgehead atoms. The van der Waals surface area contributed by atoms with Crippen molar-refractivity contribution in [2.45, 2.75) is 25.3 Å². The molecule has 5 nitrogen and oxygen atoms in total. The quantitative estimate of drug-likeness (QED) is 0.834. The first-order valence-corrected chi connectivity index (χ1v) is 9.42. The Balaban J connectivity index is 1.65. The summed E-state index contributed by atoms with van der Waals surface area (Å²) >= 11 is 0. The number of carbonyl (C=O) groups excluding carboxylic acids is 1. The van der Waals surface area contributed by atoms with Crippen molar-refractivity contribution in [1.82, 2.24) is 15.1 Å². The lowest BCUT2D eigenvalue weighted by atomic mass is 10.0. The molecular formula is C19H27F2N3O2. The SMILES string of the molecule is O=C(c1ccc(F)c(F)c1)N(CCCN1CCOCC1)C1CCCNC1. The van der Waals surface area contributed by atoms with E-state index in [9.17, 15) is 13.6 Å². The second-order valence-electron chi connectivity index (χ2n) is 6.94. The Morgan fingerprint density at radius 2 is 2.08 bits per heavy atom. The summed E-state index contributed by atoms with van der Waals surface area (Å²) in [4.78, 5) is 17.1. The van der Waals surface area contributed by atoms with E-state index in [-0.39, 0.29) is 17.5 Å². The summed E-state index contributed by atoms with van der Waals surface area (Å²) in [7, 11) is 0. The summed E-state index contributed by atoms with van der Waals surface area (Å²) in [5.74, 6) is -2.13. The van der Waals surface area contributed by atoms with Crippen molar-refractivity contribution in [3.8, 4) is 0 Å². The molecule has 0 aliphatic carbocycles. The molecule has 1 aromatic rings. The Bertz CT molecular complexity index is 602. The van der Waals surface area contributed by atoms with Gasteiger partial charge in [0.25, 0.3) is 5.91 Å². The van der Waals surface area contributed by atoms with Gasteiger partial charge in [-0.05, 0) is 44.0 Å². The van der Waals surface area contributed by atoms with Gasteiger partial charge in [0.2, 0.25) is 0 Å². The zero-order chi connectivity index (χ0) is 18.4. The maximum Gasteiger partial charge on any atom is 0.254 e. The predicted molar refractivity (Wildman–Crippen MR) is 95.2 cm³/mol. The molecule has 7 heteroatoms. The number of halogens is 2. The molecule has 2 aliphatic heterocycles. The van der Waals surface area contributed by atoms with E-state index in [4.69, 9.17) is 4.74 Å². The molecule has 1 amide bonds. The van der Waals surface area contributed by atoms with Crippen LogP contribution in [0.1, 0.15) is 29.6 Å². The molecule has 1 aromatic carbocycles. The summed E-state index contributed by atoms with van der Waals surface area (Å²) in [6.07, 6.45) is 2.79. The van der Waals surface area contributed by atoms with Crippen LogP contribution in [0.4, 0.5) is 8.78 Å². The molecule has 3 rings (SSSR count). The van der Waals surface area contributed by atoms with E-state index in [0.29, 0.717) is 6.54 Å². The fourth-order valence-electron chi connectivity index (χ4n) is 3.63. The molecule has 2 heterocycles. The first kappa shape index (κ1) is 19.2. The van der Waals surface area contributed by atoms with Gasteiger partial charge < -0.3 is 15.0 Å². The summed E-state index contributed by atoms with van der Waals surface area (Å²) in [6, 6.07) is 3.48. The monoisotopic (exact) mass is 367 g/mol. The predicted octanol–water partition coefficient (Wildman–Crippen LogP) is 1.88. The average molecular weight is 367 g/mol. The fraction of sp³-hybridized carbons (Fsp3) is 0.632. The van der Waals surface area contributed by atoms with Gasteiger partial charge in [0.1, 0.15) is 0 Å². The van der Waals surface area contributed by atoms with Crippen LogP contribution in [0.25, 0.3) is 0 Å². The van der Waals surface area contributed by atoms with Crippen LogP contribution >= 0.6 is 0 Å². The van der Waals surface area contributed by atoms with E-state index in [1.165, 1.54) is 6.07 Å². The van der Waals surface area contributed by atoms with E-state index in [1.54, 1.807) is 0 Å². The summed E-state index contributed by atoms with van der Waals surface area (Å²) in [5.41, 5.74) is 0.209. The van der Waals surface area contributed by atoms with Crippen LogP contribution in [0.2, 0.25) is 0 Å². The van der Waals surface area contributed by atoms with Crippen molar-refractivity contribution in [3.63, 3.8) is 0 Å². The van der Waals surface area contributed by atoms with Crippen molar-refractivity contribution in [3.05, 3.63) is 35.4 Å². The molecule has 1 N–H and O–H groups in total. The molecule has 2 fully saturated rings. The number of ether oxygens (including phenoxy) is 1. The molecule has 144 valence electrons. The van der Waals surface area contributed by atoms with Crippen molar-refractivity contribution in [2.75, 3.05) is 52.5 Å². The second-order valence-corrected chi connectivity index (χ2v) is 6.94. The van der Waals surface area contributed by atoms with Gasteiger partial charge in [-0.1, -0.05) is 0 Å². The summed E-state index contributed by atoms with van der Waals surface area (Å²) < 4.78 is 32.1. The van der Waals surface area contributed by atoms with Crippen LogP contribution in [-0.4, -0.2) is 74.2 Å². The molecular weight excluding hydrogens is 340 g/mol. The molecule has 1 unspecified atom stereocenters. The van der Waals surface area contributed by atoms with Crippen molar-refractivity contribution < 1.29 is 18.3 Å². The number of hydrogen-bond donors (Lipinski definition) is 1. The lowest BCUT2D eigenvalue weighted by molar-refractivity contribution is 0.0342. The van der Waals surface area contributed by atoms with Crippen LogP contribution in [0, 0.1) is 11.6 Å². The number of piperidine rings is 1. The minimum Gasteiger partial charge on any atom is -0.379 e. The van der Waals surface area contributed by atoms with Gasteiger partial charge in [-0.3, -0.25) is 9.69 Å². The molecule has 0 saturated carbocycles. The maximum absolute atomic E-state index is 13.6. The standard InChI is InChI=1S/C19H27F2N3O2/c20-17-5-4-15(13-18(17)21)19(25)24(16-3-1-6-22-14-16)8-2-7-23-9-11-26-12-10-23/h4-5,13,16,22H,1-3,6-12,14H2. The minimum absolute atomic E-state index is 0.0917. The normalized spacial score (nSPS) is 21.5. The van der Waals surface area contributed by atoms with Crippen LogP contribution in [0.5, 0.6) is 0 Å². The first-order chi connectivity index (χ1) is 12.6. The zero-order valence-corrected chi connectivity index (χ0v) is 15.1. The molecule has 1 atom stereocenters. The molecule has 0 spiro atoms. The topological polar surface area (TPSA) is 44.8 Å². The number of benzene rings is 1. The van der Waals surface area contributed by atoms with Crippen LogP contribution < -0.4 is 5.32 Å². The number of rotatable bonds is 6. The number of morpholine rings is 1. The third-order valence-corrected chi connectivity index (χ3v) is 5.12. The van der Waals surface area contributed by atoms with Gasteiger partial charge in [-0.2, -0.15) is 0 Å². The van der Waals surface area contributed by atoms with E-state index < -0.39 is 11.6 Å². The Labute approximate surface area is 153 Å². The average Bonchev–Trinajstić information content (AvgIpc) is 2.68. The fourth-order valence-corrected chi connectivity index (χ4v) is 3.63. The highest BCUT2D eigenvalue weighted by molar-refractivity contribution is 5.94. The Hall–Kier alpha value is -1.57. The Morgan fingerprint density at radius 1 is 1.27 bits per heavy atom. The lowest BCUT2D eigenvalue weighted by Gasteiger charge is -2.35. The van der Waals surface area contributed by atoms with Crippen LogP contribution in [-0.2, 0) is 4.74 Å². The molecule has 2 aliphatic rings. The summed E-state index contributed by atoms with van der Waals surface area (Å²) in [6.45, 7) is 6.56. The van der Waals surface area contributed by atoms with Crippen molar-refractivity contribution >= 4 is 5.91 Å². The Kier molecular flexibility index (Phi) is 6.93. The number of hydrogen-bond acceptors (Lipinski definition) is 4. The van der Waals surface area contributed by atoms with Crippen molar-refractivity contribution in [1.29, 1.82) is 0 Å². The van der Waals surface area contributed by atoms with Gasteiger partial charge in [-0.25, -0.2) is 8.78 Å². The second kappa shape index (κ2) is 9.39. The third-order valence-electron chi connectivity index (χ3n) is 5.12. The van der Waals surface area contributed by atoms with E-state index >= 15 is 0 Å². The van der Waals surface area contributed by atoms with Gasteiger partial charge in [0.05, 0.1) is 13.2 Å². The van der Waals surface area contributed by atoms with E-state index in [2.05, 4.69) is 10.2 Å². The summed E-state index contributed by atoms with van der Waals surface area (Å²) in [5, 5.41) is 3.33. The molecule has 26 heavy (non-hydrogen) atoms. The van der Waals surface area contributed by atoms with Crippen LogP contribution in [0.15, 0.2) is 18.2 Å². The van der Waals surface area contributed by atoms with Crippen LogP contribution in [0.3, 0.4) is 0 Å². The molecule has 2 saturated heterocycles. The largest absolute Gasteiger partial charge is 0.379 e. The van der Waals surface area contributed by atoms with Gasteiger partial charge >= 0.3 is 0 Å². The van der Waals surface area contributed by atoms with Crippen molar-refractivity contribution in [2.24, 2.45) is 0 Å². The lowest BCUT2D eigenvalue weighted by Crippen LogP contribution is -2.49. The highest BCUT2D eigenvalue weighted by Crippen LogP contribution is 2.17. The minimum atomic E-state index is -0.981. The third kappa shape index (κ3) is 4.99. The number of carbonyl (C=O) groups is 1. The van der Waals surface area contributed by atoms with E-state index in [0.717, 1.165) is 77.3 Å². The molecule has 0 aromatic heterocycles. The van der Waals surface area contributed by atoms with Gasteiger partial charge in [0.15, 0.2) is 11.6 Å². The zero-order valence-electron chi connectivity index (χ0n) is 15.1. The van der Waals surface area contributed by atoms with Gasteiger partial charge in [-0.15, -0.1) is 0 Å². The maximum atomic E-state index is 13.6. The highest BCUT2D eigenvalue weighted by Gasteiger charge is 2.26.